The number of aliphatic carboxylic acids is 1. The minimum atomic E-state index is -1.08. The third kappa shape index (κ3) is 3.82. The van der Waals surface area contributed by atoms with Crippen LogP contribution in [-0.4, -0.2) is 30.6 Å². The molecule has 0 spiro atoms. The molecule has 0 heterocycles. The lowest BCUT2D eigenvalue weighted by Crippen LogP contribution is -2.28. The molecule has 0 aromatic heterocycles. The summed E-state index contributed by atoms with van der Waals surface area (Å²) >= 11 is 0. The van der Waals surface area contributed by atoms with Crippen LogP contribution in [0.3, 0.4) is 0 Å². The van der Waals surface area contributed by atoms with Crippen LogP contribution in [0.2, 0.25) is 0 Å². The van der Waals surface area contributed by atoms with Crippen molar-refractivity contribution in [3.05, 3.63) is 59.7 Å². The van der Waals surface area contributed by atoms with E-state index in [9.17, 15) is 18.4 Å². The molecule has 1 fully saturated rings. The molecule has 0 aliphatic heterocycles. The van der Waals surface area contributed by atoms with Gasteiger partial charge in [-0.15, -0.1) is 0 Å². The number of halogens is 2. The van der Waals surface area contributed by atoms with E-state index in [-0.39, 0.29) is 23.3 Å². The van der Waals surface area contributed by atoms with Crippen LogP contribution in [0.5, 0.6) is 5.75 Å². The van der Waals surface area contributed by atoms with Gasteiger partial charge in [-0.25, -0.2) is 13.6 Å². The number of anilines is 1. The molecule has 7 heteroatoms. The van der Waals surface area contributed by atoms with Crippen LogP contribution >= 0.6 is 0 Å². The average molecular weight is 361 g/mol. The number of carboxylic acids is 1. The number of amides is 1. The molecule has 3 rings (SSSR count). The van der Waals surface area contributed by atoms with Gasteiger partial charge in [-0.1, -0.05) is 0 Å². The first-order valence-corrected chi connectivity index (χ1v) is 8.04. The first-order chi connectivity index (χ1) is 12.4. The number of ether oxygens (including phenoxy) is 1. The zero-order valence-electron chi connectivity index (χ0n) is 14.0. The van der Waals surface area contributed by atoms with Crippen LogP contribution < -0.4 is 9.64 Å². The Morgan fingerprint density at radius 2 is 1.88 bits per heavy atom. The van der Waals surface area contributed by atoms with Gasteiger partial charge in [0.1, 0.15) is 17.4 Å². The maximum absolute atomic E-state index is 13.8. The fourth-order valence-corrected chi connectivity index (χ4v) is 2.90. The Hall–Kier alpha value is -2.96. The lowest BCUT2D eigenvalue weighted by Gasteiger charge is -2.18. The highest BCUT2D eigenvalue weighted by atomic mass is 19.1. The second kappa shape index (κ2) is 7.11. The summed E-state index contributed by atoms with van der Waals surface area (Å²) in [4.78, 5) is 24.5. The molecule has 2 aromatic rings. The molecule has 26 heavy (non-hydrogen) atoms. The lowest BCUT2D eigenvalue weighted by atomic mass is 10.1. The summed E-state index contributed by atoms with van der Waals surface area (Å²) in [6, 6.07) is 9.67. The van der Waals surface area contributed by atoms with Gasteiger partial charge in [0.25, 0.3) is 0 Å². The van der Waals surface area contributed by atoms with Gasteiger partial charge in [-0.2, -0.15) is 0 Å². The fraction of sp³-hybridized carbons (Fsp3) is 0.263. The van der Waals surface area contributed by atoms with Crippen molar-refractivity contribution in [2.75, 3.05) is 18.6 Å². The molecule has 0 radical (unpaired) electrons. The van der Waals surface area contributed by atoms with Crippen molar-refractivity contribution in [2.45, 2.75) is 12.3 Å². The van der Waals surface area contributed by atoms with E-state index >= 15 is 0 Å². The van der Waals surface area contributed by atoms with Crippen molar-refractivity contribution in [1.82, 2.24) is 0 Å². The molecule has 1 saturated carbocycles. The number of carbonyl (C=O) groups is 2. The Labute approximate surface area is 148 Å². The summed E-state index contributed by atoms with van der Waals surface area (Å²) in [6.07, 6.45) is 0.476. The number of hydrogen-bond donors (Lipinski definition) is 1. The minimum Gasteiger partial charge on any atom is -0.482 e. The number of hydrogen-bond acceptors (Lipinski definition) is 3. The largest absolute Gasteiger partial charge is 0.482 e. The highest BCUT2D eigenvalue weighted by molar-refractivity contribution is 5.97. The van der Waals surface area contributed by atoms with Crippen molar-refractivity contribution < 1.29 is 28.2 Å². The number of benzene rings is 2. The third-order valence-electron chi connectivity index (χ3n) is 4.38. The summed E-state index contributed by atoms with van der Waals surface area (Å²) in [5.41, 5.74) is 0.831. The zero-order valence-corrected chi connectivity index (χ0v) is 14.0. The van der Waals surface area contributed by atoms with Gasteiger partial charge in [-0.05, 0) is 60.4 Å². The second-order valence-electron chi connectivity index (χ2n) is 6.19. The maximum Gasteiger partial charge on any atom is 0.341 e. The molecule has 136 valence electrons. The Balaban J connectivity index is 1.65. The van der Waals surface area contributed by atoms with Crippen LogP contribution in [0.1, 0.15) is 17.9 Å². The maximum atomic E-state index is 13.8. The van der Waals surface area contributed by atoms with Crippen molar-refractivity contribution in [2.24, 2.45) is 5.92 Å². The van der Waals surface area contributed by atoms with Crippen LogP contribution in [0, 0.1) is 17.6 Å². The molecule has 1 N–H and O–H groups in total. The van der Waals surface area contributed by atoms with Crippen LogP contribution in [-0.2, 0) is 9.59 Å². The van der Waals surface area contributed by atoms with E-state index in [1.165, 1.54) is 4.90 Å². The number of carbonyl (C=O) groups excluding carboxylic acids is 1. The summed E-state index contributed by atoms with van der Waals surface area (Å²) in [5.74, 6) is -2.62. The molecule has 0 saturated heterocycles. The number of rotatable bonds is 6. The van der Waals surface area contributed by atoms with Crippen LogP contribution in [0.4, 0.5) is 14.5 Å². The molecule has 2 aromatic carbocycles. The fourth-order valence-electron chi connectivity index (χ4n) is 2.90. The first-order valence-electron chi connectivity index (χ1n) is 8.04. The summed E-state index contributed by atoms with van der Waals surface area (Å²) < 4.78 is 32.2. The Morgan fingerprint density at radius 1 is 1.19 bits per heavy atom. The second-order valence-corrected chi connectivity index (χ2v) is 6.19. The Morgan fingerprint density at radius 3 is 2.54 bits per heavy atom. The molecule has 2 atom stereocenters. The quantitative estimate of drug-likeness (QED) is 0.858. The van der Waals surface area contributed by atoms with Crippen molar-refractivity contribution in [3.8, 4) is 5.75 Å². The van der Waals surface area contributed by atoms with Crippen molar-refractivity contribution in [3.63, 3.8) is 0 Å². The number of carboxylic acid groups (broad SMARTS) is 1. The monoisotopic (exact) mass is 361 g/mol. The smallest absolute Gasteiger partial charge is 0.341 e. The first kappa shape index (κ1) is 17.8. The van der Waals surface area contributed by atoms with Crippen molar-refractivity contribution >= 4 is 17.6 Å². The standard InChI is InChI=1S/C19H17F2NO4/c1-22(12-3-5-13(6-4-12)26-10-18(23)24)19(25)16-9-14(16)15-8-11(20)2-7-17(15)21/h2-8,14,16H,9-10H2,1H3,(H,23,24)/t14-,16+/m0/s1. The highest BCUT2D eigenvalue weighted by Crippen LogP contribution is 2.49. The van der Waals surface area contributed by atoms with Gasteiger partial charge < -0.3 is 14.7 Å². The molecule has 1 amide bonds. The van der Waals surface area contributed by atoms with E-state index in [4.69, 9.17) is 9.84 Å². The van der Waals surface area contributed by atoms with Gasteiger partial charge in [0, 0.05) is 18.7 Å². The van der Waals surface area contributed by atoms with Gasteiger partial charge in [0.2, 0.25) is 5.91 Å². The molecule has 1 aliphatic rings. The normalized spacial score (nSPS) is 18.3. The summed E-state index contributed by atoms with van der Waals surface area (Å²) in [7, 11) is 1.60. The van der Waals surface area contributed by atoms with Crippen LogP contribution in [0.15, 0.2) is 42.5 Å². The molecule has 5 nitrogen and oxygen atoms in total. The van der Waals surface area contributed by atoms with E-state index in [0.717, 1.165) is 18.2 Å². The summed E-state index contributed by atoms with van der Waals surface area (Å²) in [5, 5.41) is 8.59. The topological polar surface area (TPSA) is 66.8 Å². The summed E-state index contributed by atoms with van der Waals surface area (Å²) in [6.45, 7) is -0.447. The Kier molecular flexibility index (Phi) is 4.88. The van der Waals surface area contributed by atoms with Gasteiger partial charge in [-0.3, -0.25) is 4.79 Å². The molecule has 1 aliphatic carbocycles. The van der Waals surface area contributed by atoms with E-state index in [1.807, 2.05) is 0 Å². The Bertz CT molecular complexity index is 838. The predicted molar refractivity (Wildman–Crippen MR) is 90.2 cm³/mol. The number of nitrogens with zero attached hydrogens (tertiary/aromatic N) is 1. The zero-order chi connectivity index (χ0) is 18.8. The van der Waals surface area contributed by atoms with Crippen molar-refractivity contribution in [1.29, 1.82) is 0 Å². The molecule has 0 unspecified atom stereocenters. The SMILES string of the molecule is CN(C(=O)[C@@H]1C[C@H]1c1cc(F)ccc1F)c1ccc(OCC(=O)O)cc1. The third-order valence-corrected chi connectivity index (χ3v) is 4.38. The lowest BCUT2D eigenvalue weighted by molar-refractivity contribution is -0.139. The minimum absolute atomic E-state index is 0.183. The van der Waals surface area contributed by atoms with Gasteiger partial charge >= 0.3 is 5.97 Å². The predicted octanol–water partition coefficient (Wildman–Crippen LogP) is 3.19. The highest BCUT2D eigenvalue weighted by Gasteiger charge is 2.46. The molecule has 0 bridgehead atoms. The van der Waals surface area contributed by atoms with Crippen LogP contribution in [0.25, 0.3) is 0 Å². The van der Waals surface area contributed by atoms with Gasteiger partial charge in [0.05, 0.1) is 0 Å². The average Bonchev–Trinajstić information content (AvgIpc) is 3.41. The van der Waals surface area contributed by atoms with E-state index in [2.05, 4.69) is 0 Å². The van der Waals surface area contributed by atoms with Gasteiger partial charge in [0.15, 0.2) is 6.61 Å². The van der Waals surface area contributed by atoms with E-state index in [1.54, 1.807) is 31.3 Å². The van der Waals surface area contributed by atoms with E-state index < -0.39 is 24.2 Å². The van der Waals surface area contributed by atoms with E-state index in [0.29, 0.717) is 17.9 Å². The molecular formula is C19H17F2NO4. The molecular weight excluding hydrogens is 344 g/mol.